The van der Waals surface area contributed by atoms with Crippen molar-refractivity contribution in [3.63, 3.8) is 0 Å². The molecular formula is C19H19NO2S. The molecule has 0 saturated heterocycles. The Hall–Kier alpha value is -2.33. The van der Waals surface area contributed by atoms with E-state index in [4.69, 9.17) is 4.74 Å². The van der Waals surface area contributed by atoms with Crippen LogP contribution >= 0.6 is 11.3 Å². The number of para-hydroxylation sites is 1. The maximum atomic E-state index is 12.4. The number of benzene rings is 2. The summed E-state index contributed by atoms with van der Waals surface area (Å²) in [5.41, 5.74) is 2.16. The number of aryl methyl sites for hydroxylation is 1. The van der Waals surface area contributed by atoms with Crippen molar-refractivity contribution in [2.45, 2.75) is 13.3 Å². The summed E-state index contributed by atoms with van der Waals surface area (Å²) in [7, 11) is 1.66. The smallest absolute Gasteiger partial charge is 0.261 e. The Balaban J connectivity index is 1.68. The lowest BCUT2D eigenvalue weighted by molar-refractivity contribution is 0.0957. The van der Waals surface area contributed by atoms with Crippen molar-refractivity contribution < 1.29 is 9.53 Å². The van der Waals surface area contributed by atoms with Crippen LogP contribution in [-0.2, 0) is 6.42 Å². The number of ether oxygens (including phenoxy) is 1. The fourth-order valence-corrected chi connectivity index (χ4v) is 3.82. The highest BCUT2D eigenvalue weighted by Gasteiger charge is 2.14. The van der Waals surface area contributed by atoms with Gasteiger partial charge >= 0.3 is 0 Å². The van der Waals surface area contributed by atoms with Gasteiger partial charge in [0.2, 0.25) is 0 Å². The quantitative estimate of drug-likeness (QED) is 0.764. The standard InChI is InChI=1S/C19H19NO2S/c1-13-15-8-4-6-10-17(15)23-18(13)19(21)20-12-11-14-7-3-5-9-16(14)22-2/h3-10H,11-12H2,1-2H3,(H,20,21). The molecule has 0 fully saturated rings. The van der Waals surface area contributed by atoms with Crippen LogP contribution in [0.15, 0.2) is 48.5 Å². The first-order chi connectivity index (χ1) is 11.2. The second-order valence-electron chi connectivity index (χ2n) is 5.37. The first kappa shape index (κ1) is 15.6. The van der Waals surface area contributed by atoms with E-state index in [2.05, 4.69) is 17.4 Å². The predicted octanol–water partition coefficient (Wildman–Crippen LogP) is 4.19. The van der Waals surface area contributed by atoms with E-state index in [-0.39, 0.29) is 5.91 Å². The molecule has 1 amide bonds. The second kappa shape index (κ2) is 6.84. The van der Waals surface area contributed by atoms with Crippen LogP contribution < -0.4 is 10.1 Å². The number of hydrogen-bond acceptors (Lipinski definition) is 3. The lowest BCUT2D eigenvalue weighted by Gasteiger charge is -2.09. The zero-order valence-corrected chi connectivity index (χ0v) is 14.1. The number of carbonyl (C=O) groups excluding carboxylic acids is 1. The van der Waals surface area contributed by atoms with Gasteiger partial charge in [-0.3, -0.25) is 4.79 Å². The minimum atomic E-state index is -0.00130. The molecule has 0 saturated carbocycles. The van der Waals surface area contributed by atoms with Gasteiger partial charge in [0, 0.05) is 11.2 Å². The first-order valence-corrected chi connectivity index (χ1v) is 8.40. The highest BCUT2D eigenvalue weighted by atomic mass is 32.1. The predicted molar refractivity (Wildman–Crippen MR) is 95.6 cm³/mol. The molecule has 0 radical (unpaired) electrons. The molecule has 0 aliphatic heterocycles. The van der Waals surface area contributed by atoms with Gasteiger partial charge in [-0.15, -0.1) is 11.3 Å². The molecule has 0 spiro atoms. The molecule has 0 bridgehead atoms. The minimum Gasteiger partial charge on any atom is -0.496 e. The van der Waals surface area contributed by atoms with Gasteiger partial charge in [-0.2, -0.15) is 0 Å². The van der Waals surface area contributed by atoms with Gasteiger partial charge in [0.1, 0.15) is 5.75 Å². The molecule has 3 aromatic rings. The molecular weight excluding hydrogens is 306 g/mol. The van der Waals surface area contributed by atoms with E-state index in [0.29, 0.717) is 6.54 Å². The molecule has 1 N–H and O–H groups in total. The van der Waals surface area contributed by atoms with Gasteiger partial charge in [0.25, 0.3) is 5.91 Å². The van der Waals surface area contributed by atoms with Crippen molar-refractivity contribution in [3.05, 3.63) is 64.5 Å². The monoisotopic (exact) mass is 325 g/mol. The summed E-state index contributed by atoms with van der Waals surface area (Å²) in [6.07, 6.45) is 0.750. The Kier molecular flexibility index (Phi) is 4.63. The lowest BCUT2D eigenvalue weighted by Crippen LogP contribution is -2.25. The molecule has 4 heteroatoms. The number of rotatable bonds is 5. The fourth-order valence-electron chi connectivity index (χ4n) is 2.69. The highest BCUT2D eigenvalue weighted by Crippen LogP contribution is 2.30. The third kappa shape index (κ3) is 3.22. The summed E-state index contributed by atoms with van der Waals surface area (Å²) in [6.45, 7) is 2.60. The average Bonchev–Trinajstić information content (AvgIpc) is 2.92. The van der Waals surface area contributed by atoms with Gasteiger partial charge in [-0.1, -0.05) is 36.4 Å². The summed E-state index contributed by atoms with van der Waals surface area (Å²) in [5.74, 6) is 0.860. The molecule has 0 aliphatic rings. The maximum absolute atomic E-state index is 12.4. The van der Waals surface area contributed by atoms with Crippen LogP contribution in [0.4, 0.5) is 0 Å². The zero-order chi connectivity index (χ0) is 16.2. The van der Waals surface area contributed by atoms with Gasteiger partial charge < -0.3 is 10.1 Å². The Labute approximate surface area is 139 Å². The van der Waals surface area contributed by atoms with Crippen molar-refractivity contribution in [1.29, 1.82) is 0 Å². The van der Waals surface area contributed by atoms with Crippen LogP contribution in [0, 0.1) is 6.92 Å². The van der Waals surface area contributed by atoms with Gasteiger partial charge in [0.05, 0.1) is 12.0 Å². The van der Waals surface area contributed by atoms with Crippen molar-refractivity contribution >= 4 is 27.3 Å². The van der Waals surface area contributed by atoms with Gasteiger partial charge in [-0.05, 0) is 42.0 Å². The third-order valence-corrected chi connectivity index (χ3v) is 5.19. The molecule has 23 heavy (non-hydrogen) atoms. The minimum absolute atomic E-state index is 0.00130. The highest BCUT2D eigenvalue weighted by molar-refractivity contribution is 7.21. The van der Waals surface area contributed by atoms with E-state index >= 15 is 0 Å². The topological polar surface area (TPSA) is 38.3 Å². The average molecular weight is 325 g/mol. The van der Waals surface area contributed by atoms with E-state index in [1.54, 1.807) is 18.4 Å². The first-order valence-electron chi connectivity index (χ1n) is 7.59. The summed E-state index contributed by atoms with van der Waals surface area (Å²) in [5, 5.41) is 4.18. The number of amides is 1. The van der Waals surface area contributed by atoms with E-state index in [1.807, 2.05) is 43.3 Å². The number of methoxy groups -OCH3 is 1. The number of carbonyl (C=O) groups is 1. The largest absolute Gasteiger partial charge is 0.496 e. The molecule has 2 aromatic carbocycles. The van der Waals surface area contributed by atoms with Crippen LogP contribution in [0.5, 0.6) is 5.75 Å². The zero-order valence-electron chi connectivity index (χ0n) is 13.3. The van der Waals surface area contributed by atoms with Crippen molar-refractivity contribution in [2.75, 3.05) is 13.7 Å². The molecule has 118 valence electrons. The molecule has 1 heterocycles. The Bertz CT molecular complexity index is 838. The van der Waals surface area contributed by atoms with Gasteiger partial charge in [-0.25, -0.2) is 0 Å². The number of nitrogens with one attached hydrogen (secondary N) is 1. The fraction of sp³-hybridized carbons (Fsp3) is 0.211. The van der Waals surface area contributed by atoms with E-state index in [1.165, 1.54) is 0 Å². The van der Waals surface area contributed by atoms with E-state index < -0.39 is 0 Å². The molecule has 0 atom stereocenters. The molecule has 0 aliphatic carbocycles. The molecule has 3 nitrogen and oxygen atoms in total. The SMILES string of the molecule is COc1ccccc1CCNC(=O)c1sc2ccccc2c1C. The van der Waals surface area contributed by atoms with Crippen molar-refractivity contribution in [1.82, 2.24) is 5.32 Å². The number of fused-ring (bicyclic) bond motifs is 1. The van der Waals surface area contributed by atoms with Crippen molar-refractivity contribution in [2.24, 2.45) is 0 Å². The summed E-state index contributed by atoms with van der Waals surface area (Å²) in [6, 6.07) is 16.0. The van der Waals surface area contributed by atoms with Crippen LogP contribution in [-0.4, -0.2) is 19.6 Å². The Morgan fingerprint density at radius 3 is 2.65 bits per heavy atom. The maximum Gasteiger partial charge on any atom is 0.261 e. The molecule has 3 rings (SSSR count). The number of hydrogen-bond donors (Lipinski definition) is 1. The summed E-state index contributed by atoms with van der Waals surface area (Å²) in [4.78, 5) is 13.2. The van der Waals surface area contributed by atoms with Crippen LogP contribution in [0.25, 0.3) is 10.1 Å². The Morgan fingerprint density at radius 2 is 1.87 bits per heavy atom. The number of thiophene rings is 1. The van der Waals surface area contributed by atoms with Crippen molar-refractivity contribution in [3.8, 4) is 5.75 Å². The summed E-state index contributed by atoms with van der Waals surface area (Å²) >= 11 is 1.55. The van der Waals surface area contributed by atoms with Crippen LogP contribution in [0.3, 0.4) is 0 Å². The van der Waals surface area contributed by atoms with Crippen LogP contribution in [0.1, 0.15) is 20.8 Å². The van der Waals surface area contributed by atoms with E-state index in [9.17, 15) is 4.79 Å². The van der Waals surface area contributed by atoms with Crippen LogP contribution in [0.2, 0.25) is 0 Å². The lowest BCUT2D eigenvalue weighted by atomic mass is 10.1. The van der Waals surface area contributed by atoms with Gasteiger partial charge in [0.15, 0.2) is 0 Å². The summed E-state index contributed by atoms with van der Waals surface area (Å²) < 4.78 is 6.49. The Morgan fingerprint density at radius 1 is 1.13 bits per heavy atom. The molecule has 1 aromatic heterocycles. The second-order valence-corrected chi connectivity index (χ2v) is 6.42. The normalized spacial score (nSPS) is 10.7. The van der Waals surface area contributed by atoms with E-state index in [0.717, 1.165) is 38.3 Å². The molecule has 0 unspecified atom stereocenters. The third-order valence-electron chi connectivity index (χ3n) is 3.92.